The fraction of sp³-hybridized carbons (Fsp3) is 0.462. The number of amides is 3. The summed E-state index contributed by atoms with van der Waals surface area (Å²) in [5, 5.41) is 5.40. The van der Waals surface area contributed by atoms with Gasteiger partial charge in [0.05, 0.1) is 11.7 Å². The Kier molecular flexibility index (Phi) is 8.83. The maximum absolute atomic E-state index is 14.2. The highest BCUT2D eigenvalue weighted by atomic mass is 19.1. The number of benzene rings is 1. The average Bonchev–Trinajstić information content (AvgIpc) is 3.32. The van der Waals surface area contributed by atoms with Crippen LogP contribution in [-0.4, -0.2) is 84.9 Å². The van der Waals surface area contributed by atoms with E-state index in [-0.39, 0.29) is 24.3 Å². The number of hydrogen-bond acceptors (Lipinski definition) is 6. The van der Waals surface area contributed by atoms with Gasteiger partial charge in [-0.15, -0.1) is 0 Å². The molecule has 2 aromatic rings. The van der Waals surface area contributed by atoms with Crippen molar-refractivity contribution >= 4 is 23.4 Å². The zero-order chi connectivity index (χ0) is 25.3. The molecule has 9 nitrogen and oxygen atoms in total. The number of nitrogens with one attached hydrogen (secondary N) is 2. The third-order valence-corrected chi connectivity index (χ3v) is 6.74. The molecule has 2 saturated heterocycles. The lowest BCUT2D eigenvalue weighted by atomic mass is 10.1. The summed E-state index contributed by atoms with van der Waals surface area (Å²) >= 11 is 0. The van der Waals surface area contributed by atoms with Crippen molar-refractivity contribution in [2.45, 2.75) is 25.3 Å². The number of aromatic nitrogens is 1. The van der Waals surface area contributed by atoms with Crippen molar-refractivity contribution in [3.8, 4) is 0 Å². The highest BCUT2D eigenvalue weighted by Crippen LogP contribution is 2.25. The van der Waals surface area contributed by atoms with Crippen molar-refractivity contribution in [1.82, 2.24) is 25.4 Å². The van der Waals surface area contributed by atoms with E-state index >= 15 is 0 Å². The number of carbonyl (C=O) groups excluding carboxylic acids is 3. The molecule has 0 saturated carbocycles. The summed E-state index contributed by atoms with van der Waals surface area (Å²) in [4.78, 5) is 46.7. The van der Waals surface area contributed by atoms with Gasteiger partial charge in [-0.25, -0.2) is 4.39 Å². The van der Waals surface area contributed by atoms with Crippen LogP contribution in [0.25, 0.3) is 0 Å². The summed E-state index contributed by atoms with van der Waals surface area (Å²) in [6, 6.07) is 10.4. The largest absolute Gasteiger partial charge is 0.367 e. The van der Waals surface area contributed by atoms with Crippen LogP contribution >= 0.6 is 0 Å². The first-order valence-electron chi connectivity index (χ1n) is 12.5. The van der Waals surface area contributed by atoms with Gasteiger partial charge < -0.3 is 20.4 Å². The Balaban J connectivity index is 1.28. The van der Waals surface area contributed by atoms with Crippen LogP contribution in [0.1, 0.15) is 30.9 Å². The first-order chi connectivity index (χ1) is 17.5. The van der Waals surface area contributed by atoms with Crippen LogP contribution in [0, 0.1) is 5.82 Å². The molecule has 0 aliphatic carbocycles. The molecule has 3 heterocycles. The highest BCUT2D eigenvalue weighted by Gasteiger charge is 2.27. The van der Waals surface area contributed by atoms with E-state index in [4.69, 9.17) is 0 Å². The van der Waals surface area contributed by atoms with Crippen molar-refractivity contribution < 1.29 is 18.8 Å². The second-order valence-corrected chi connectivity index (χ2v) is 9.08. The van der Waals surface area contributed by atoms with E-state index in [1.165, 1.54) is 6.07 Å². The number of halogens is 1. The molecule has 2 N–H and O–H groups in total. The van der Waals surface area contributed by atoms with Gasteiger partial charge in [0, 0.05) is 71.2 Å². The maximum Gasteiger partial charge on any atom is 0.309 e. The lowest BCUT2D eigenvalue weighted by Crippen LogP contribution is -2.51. The van der Waals surface area contributed by atoms with Gasteiger partial charge in [0.15, 0.2) is 0 Å². The molecule has 3 amide bonds. The minimum Gasteiger partial charge on any atom is -0.367 e. The van der Waals surface area contributed by atoms with Crippen LogP contribution < -0.4 is 15.5 Å². The Morgan fingerprint density at radius 2 is 1.78 bits per heavy atom. The predicted molar refractivity (Wildman–Crippen MR) is 134 cm³/mol. The Bertz CT molecular complexity index is 1040. The second-order valence-electron chi connectivity index (χ2n) is 9.08. The van der Waals surface area contributed by atoms with Crippen molar-refractivity contribution in [3.63, 3.8) is 0 Å². The van der Waals surface area contributed by atoms with Crippen molar-refractivity contribution in [2.75, 3.05) is 57.3 Å². The average molecular weight is 497 g/mol. The summed E-state index contributed by atoms with van der Waals surface area (Å²) in [5.41, 5.74) is 1.53. The van der Waals surface area contributed by atoms with Crippen LogP contribution in [-0.2, 0) is 14.4 Å². The maximum atomic E-state index is 14.2. The first-order valence-corrected chi connectivity index (χ1v) is 12.5. The van der Waals surface area contributed by atoms with Crippen molar-refractivity contribution in [2.24, 2.45) is 0 Å². The smallest absolute Gasteiger partial charge is 0.309 e. The fourth-order valence-corrected chi connectivity index (χ4v) is 4.78. The van der Waals surface area contributed by atoms with Crippen LogP contribution in [0.15, 0.2) is 48.8 Å². The van der Waals surface area contributed by atoms with Crippen LogP contribution in [0.3, 0.4) is 0 Å². The summed E-state index contributed by atoms with van der Waals surface area (Å²) in [6.07, 6.45) is 5.53. The molecule has 2 fully saturated rings. The normalized spacial score (nSPS) is 17.2. The molecule has 10 heteroatoms. The van der Waals surface area contributed by atoms with E-state index in [9.17, 15) is 18.8 Å². The number of carbonyl (C=O) groups is 3. The van der Waals surface area contributed by atoms with Gasteiger partial charge in [0.2, 0.25) is 5.91 Å². The Morgan fingerprint density at radius 1 is 1.00 bits per heavy atom. The molecule has 4 rings (SSSR count). The number of likely N-dealkylation sites (tertiary alicyclic amines) is 1. The lowest BCUT2D eigenvalue weighted by molar-refractivity contribution is -0.139. The van der Waals surface area contributed by atoms with E-state index in [2.05, 4.69) is 20.5 Å². The molecule has 0 spiro atoms. The minimum atomic E-state index is -0.689. The van der Waals surface area contributed by atoms with Crippen LogP contribution in [0.2, 0.25) is 0 Å². The molecular formula is C26H33FN6O3. The van der Waals surface area contributed by atoms with Crippen LogP contribution in [0.5, 0.6) is 0 Å². The monoisotopic (exact) mass is 496 g/mol. The summed E-state index contributed by atoms with van der Waals surface area (Å²) in [6.45, 7) is 4.56. The van der Waals surface area contributed by atoms with Gasteiger partial charge in [-0.3, -0.25) is 24.3 Å². The van der Waals surface area contributed by atoms with E-state index in [1.807, 2.05) is 23.1 Å². The van der Waals surface area contributed by atoms with Gasteiger partial charge in [0.1, 0.15) is 5.82 Å². The van der Waals surface area contributed by atoms with Crippen LogP contribution in [0.4, 0.5) is 10.1 Å². The molecule has 192 valence electrons. The molecular weight excluding hydrogens is 463 g/mol. The third kappa shape index (κ3) is 6.57. The molecule has 1 aromatic heterocycles. The minimum absolute atomic E-state index is 0.148. The topological polar surface area (TPSA) is 97.9 Å². The number of rotatable bonds is 9. The van der Waals surface area contributed by atoms with Gasteiger partial charge >= 0.3 is 11.8 Å². The standard InChI is InChI=1S/C26H33FN6O3/c27-21-7-1-2-8-22(21)31-14-16-32(17-15-31)23(20-6-3-10-28-18-20)19-30-26(36)25(35)29-11-5-13-33-12-4-9-24(33)34/h1-3,6-8,10,18,23H,4-5,9,11-17,19H2,(H,29,35)(H,30,36)/t23-/m0/s1. The molecule has 2 aliphatic rings. The Morgan fingerprint density at radius 3 is 2.47 bits per heavy atom. The van der Waals surface area contributed by atoms with Gasteiger partial charge in [-0.1, -0.05) is 18.2 Å². The number of anilines is 1. The highest BCUT2D eigenvalue weighted by molar-refractivity contribution is 6.35. The Labute approximate surface area is 210 Å². The SMILES string of the molecule is O=C(NCCCN1CCCC1=O)C(=O)NC[C@@H](c1cccnc1)N1CCN(c2ccccc2F)CC1. The third-order valence-electron chi connectivity index (χ3n) is 6.74. The van der Waals surface area contributed by atoms with Crippen molar-refractivity contribution in [3.05, 3.63) is 60.2 Å². The van der Waals surface area contributed by atoms with Gasteiger partial charge in [-0.05, 0) is 36.6 Å². The molecule has 1 aromatic carbocycles. The first kappa shape index (κ1) is 25.6. The van der Waals surface area contributed by atoms with E-state index in [1.54, 1.807) is 29.4 Å². The molecule has 1 atom stereocenters. The second kappa shape index (κ2) is 12.4. The molecule has 0 unspecified atom stereocenters. The predicted octanol–water partition coefficient (Wildman–Crippen LogP) is 1.33. The zero-order valence-corrected chi connectivity index (χ0v) is 20.4. The number of para-hydroxylation sites is 1. The summed E-state index contributed by atoms with van der Waals surface area (Å²) < 4.78 is 14.2. The number of piperazine rings is 1. The van der Waals surface area contributed by atoms with E-state index in [0.717, 1.165) is 18.5 Å². The van der Waals surface area contributed by atoms with Gasteiger partial charge in [0.25, 0.3) is 0 Å². The fourth-order valence-electron chi connectivity index (χ4n) is 4.78. The number of hydrogen-bond donors (Lipinski definition) is 2. The zero-order valence-electron chi connectivity index (χ0n) is 20.4. The molecule has 0 radical (unpaired) electrons. The summed E-state index contributed by atoms with van der Waals surface area (Å²) in [5.74, 6) is -1.46. The Hall–Kier alpha value is -3.53. The van der Waals surface area contributed by atoms with E-state index in [0.29, 0.717) is 57.8 Å². The number of nitrogens with zero attached hydrogens (tertiary/aromatic N) is 4. The van der Waals surface area contributed by atoms with E-state index < -0.39 is 11.8 Å². The number of pyridine rings is 1. The molecule has 36 heavy (non-hydrogen) atoms. The van der Waals surface area contributed by atoms with Crippen molar-refractivity contribution in [1.29, 1.82) is 0 Å². The van der Waals surface area contributed by atoms with Gasteiger partial charge in [-0.2, -0.15) is 0 Å². The quantitative estimate of drug-likeness (QED) is 0.402. The molecule has 2 aliphatic heterocycles. The summed E-state index contributed by atoms with van der Waals surface area (Å²) in [7, 11) is 0. The molecule has 0 bridgehead atoms. The lowest BCUT2D eigenvalue weighted by Gasteiger charge is -2.40.